The van der Waals surface area contributed by atoms with Gasteiger partial charge in [0.2, 0.25) is 0 Å². The number of fused-ring (bicyclic) bond motifs is 1. The van der Waals surface area contributed by atoms with E-state index in [9.17, 15) is 28.0 Å². The molecule has 0 aliphatic heterocycles. The summed E-state index contributed by atoms with van der Waals surface area (Å²) in [5.41, 5.74) is 0.895. The minimum absolute atomic E-state index is 0.288. The van der Waals surface area contributed by atoms with Gasteiger partial charge in [0.1, 0.15) is 5.69 Å². The highest BCUT2D eigenvalue weighted by Crippen LogP contribution is 2.35. The lowest BCUT2D eigenvalue weighted by atomic mass is 10.1. The van der Waals surface area contributed by atoms with Crippen molar-refractivity contribution in [2.24, 2.45) is 0 Å². The monoisotopic (exact) mass is 644 g/mol. The fourth-order valence-corrected chi connectivity index (χ4v) is 5.13. The summed E-state index contributed by atoms with van der Waals surface area (Å²) >= 11 is 5.60. The van der Waals surface area contributed by atoms with E-state index in [0.29, 0.717) is 18.4 Å². The van der Waals surface area contributed by atoms with Gasteiger partial charge in [-0.1, -0.05) is 63.5 Å². The van der Waals surface area contributed by atoms with Crippen molar-refractivity contribution in [2.75, 3.05) is 17.2 Å². The number of carbonyl (C=O) groups is 2. The average molecular weight is 645 g/mol. The molecule has 1 unspecified atom stereocenters. The molecule has 45 heavy (non-hydrogen) atoms. The van der Waals surface area contributed by atoms with Crippen LogP contribution in [0.25, 0.3) is 16.6 Å². The van der Waals surface area contributed by atoms with Crippen LogP contribution in [0.5, 0.6) is 0 Å². The second-order valence-corrected chi connectivity index (χ2v) is 11.1. The summed E-state index contributed by atoms with van der Waals surface area (Å²) in [6.07, 6.45) is 5.91. The Morgan fingerprint density at radius 3 is 2.22 bits per heavy atom. The molecule has 0 saturated heterocycles. The maximum atomic E-state index is 13.1. The van der Waals surface area contributed by atoms with Crippen LogP contribution >= 0.6 is 11.6 Å². The summed E-state index contributed by atoms with van der Waals surface area (Å²) < 4.78 is 46.7. The third-order valence-electron chi connectivity index (χ3n) is 7.31. The van der Waals surface area contributed by atoms with Crippen LogP contribution in [0.15, 0.2) is 72.9 Å². The molecule has 12 heteroatoms. The molecule has 240 valence electrons. The Morgan fingerprint density at radius 2 is 1.53 bits per heavy atom. The predicted molar refractivity (Wildman–Crippen MR) is 170 cm³/mol. The zero-order valence-electron chi connectivity index (χ0n) is 24.9. The van der Waals surface area contributed by atoms with E-state index in [1.165, 1.54) is 32.1 Å². The van der Waals surface area contributed by atoms with E-state index in [-0.39, 0.29) is 5.69 Å². The van der Waals surface area contributed by atoms with Crippen molar-refractivity contribution >= 4 is 51.7 Å². The average Bonchev–Trinajstić information content (AvgIpc) is 3.43. The maximum Gasteiger partial charge on any atom is 0.424 e. The van der Waals surface area contributed by atoms with E-state index in [1.807, 2.05) is 29.0 Å². The molecule has 0 aliphatic rings. The lowest BCUT2D eigenvalue weighted by Crippen LogP contribution is -3.06. The minimum atomic E-state index is -4.77. The molecule has 3 N–H and O–H groups in total. The van der Waals surface area contributed by atoms with Gasteiger partial charge in [-0.3, -0.25) is 15.7 Å². The molecule has 0 radical (unpaired) electrons. The normalized spacial score (nSPS) is 12.2. The van der Waals surface area contributed by atoms with Gasteiger partial charge in [-0.05, 0) is 61.0 Å². The molecule has 0 saturated carbocycles. The highest BCUT2D eigenvalue weighted by molar-refractivity contribution is 6.31. The molecule has 4 rings (SSSR count). The number of rotatable bonds is 13. The quantitative estimate of drug-likeness (QED) is 0.0998. The number of alkyl halides is 3. The number of aromatic nitrogens is 1. The summed E-state index contributed by atoms with van der Waals surface area (Å²) in [6.45, 7) is 2.58. The van der Waals surface area contributed by atoms with Crippen molar-refractivity contribution in [3.8, 4) is 5.69 Å². The predicted octanol–water partition coefficient (Wildman–Crippen LogP) is 9.24. The Bertz CT molecular complexity index is 1590. The number of halogens is 4. The number of amides is 3. The van der Waals surface area contributed by atoms with Crippen LogP contribution in [0.3, 0.4) is 0 Å². The summed E-state index contributed by atoms with van der Waals surface area (Å²) in [6, 6.07) is 15.4. The second-order valence-electron chi connectivity index (χ2n) is 10.7. The summed E-state index contributed by atoms with van der Waals surface area (Å²) in [4.78, 5) is 24.7. The number of benzene rings is 3. The number of unbranched alkanes of at least 4 members (excludes halogenated alkanes) is 7. The fourth-order valence-electron chi connectivity index (χ4n) is 4.91. The van der Waals surface area contributed by atoms with Gasteiger partial charge in [-0.25, -0.2) is 9.59 Å². The molecular formula is C33H36ClF3N4O4. The molecule has 0 aliphatic carbocycles. The largest absolute Gasteiger partial charge is 0.620 e. The van der Waals surface area contributed by atoms with Gasteiger partial charge in [0.25, 0.3) is 0 Å². The number of hydrogen-bond donors (Lipinski definition) is 3. The van der Waals surface area contributed by atoms with Crippen molar-refractivity contribution in [1.82, 2.24) is 4.57 Å². The SMILES string of the molecule is CCCCCCCCCCOC(=O)Nc1ccc2c(ccn2-c2ccc(NC(=O)[NH+]([O-])c3ccc(Cl)c(C(F)(F)F)c3)cc2)c1. The number of nitrogens with zero attached hydrogens (tertiary/aromatic N) is 1. The minimum Gasteiger partial charge on any atom is -0.620 e. The highest BCUT2D eigenvalue weighted by Gasteiger charge is 2.34. The van der Waals surface area contributed by atoms with E-state index in [0.717, 1.165) is 48.0 Å². The van der Waals surface area contributed by atoms with Gasteiger partial charge < -0.3 is 14.5 Å². The fraction of sp³-hybridized carbons (Fsp3) is 0.333. The Labute approximate surface area is 264 Å². The molecule has 4 aromatic rings. The zero-order chi connectivity index (χ0) is 32.4. The summed E-state index contributed by atoms with van der Waals surface area (Å²) in [5, 5.41) is 16.9. The van der Waals surface area contributed by atoms with Gasteiger partial charge in [0.15, 0.2) is 0 Å². The molecule has 1 aromatic heterocycles. The van der Waals surface area contributed by atoms with Crippen molar-refractivity contribution in [3.63, 3.8) is 0 Å². The van der Waals surface area contributed by atoms with Gasteiger partial charge in [0.05, 0.1) is 22.7 Å². The van der Waals surface area contributed by atoms with E-state index in [4.69, 9.17) is 16.3 Å². The van der Waals surface area contributed by atoms with Crippen LogP contribution in [0.1, 0.15) is 63.9 Å². The Kier molecular flexibility index (Phi) is 11.9. The smallest absolute Gasteiger partial charge is 0.424 e. The first-order valence-corrected chi connectivity index (χ1v) is 15.3. The first-order chi connectivity index (χ1) is 21.6. The summed E-state index contributed by atoms with van der Waals surface area (Å²) in [7, 11) is 0. The van der Waals surface area contributed by atoms with Gasteiger partial charge in [0, 0.05) is 40.8 Å². The molecule has 0 fully saturated rings. The molecule has 1 atom stereocenters. The Balaban J connectivity index is 1.29. The molecule has 8 nitrogen and oxygen atoms in total. The van der Waals surface area contributed by atoms with Gasteiger partial charge in [-0.2, -0.15) is 13.2 Å². The van der Waals surface area contributed by atoms with Crippen molar-refractivity contribution in [1.29, 1.82) is 0 Å². The molecule has 1 heterocycles. The zero-order valence-corrected chi connectivity index (χ0v) is 25.6. The number of carbonyl (C=O) groups excluding carboxylic acids is 2. The van der Waals surface area contributed by atoms with Crippen molar-refractivity contribution in [3.05, 3.63) is 88.7 Å². The van der Waals surface area contributed by atoms with Crippen LogP contribution in [-0.2, 0) is 10.9 Å². The first kappa shape index (κ1) is 33.8. The maximum absolute atomic E-state index is 13.1. The lowest BCUT2D eigenvalue weighted by Gasteiger charge is -2.20. The van der Waals surface area contributed by atoms with Crippen LogP contribution in [-0.4, -0.2) is 23.3 Å². The number of hydroxylamine groups is 1. The van der Waals surface area contributed by atoms with Crippen LogP contribution in [0, 0.1) is 5.21 Å². The first-order valence-electron chi connectivity index (χ1n) is 14.9. The lowest BCUT2D eigenvalue weighted by molar-refractivity contribution is -0.677. The van der Waals surface area contributed by atoms with Gasteiger partial charge in [-0.15, -0.1) is 0 Å². The number of nitrogens with one attached hydrogen (secondary N) is 3. The number of ether oxygens (including phenoxy) is 1. The van der Waals surface area contributed by atoms with E-state index < -0.39 is 39.6 Å². The van der Waals surface area contributed by atoms with Crippen molar-refractivity contribution in [2.45, 2.75) is 64.5 Å². The van der Waals surface area contributed by atoms with E-state index in [1.54, 1.807) is 30.3 Å². The van der Waals surface area contributed by atoms with Crippen LogP contribution < -0.4 is 15.7 Å². The third kappa shape index (κ3) is 9.46. The second kappa shape index (κ2) is 15.8. The molecule has 3 aromatic carbocycles. The number of urea groups is 1. The number of anilines is 2. The standard InChI is InChI=1S/C33H36ClF3N4O4/c1-2-3-4-5-6-7-8-9-20-45-32(43)39-25-12-17-30-23(21-25)18-19-40(30)26-13-10-24(11-14-26)38-31(42)41(44)27-15-16-29(34)28(22-27)33(35,36)37/h10-19,21-22,41H,2-9,20H2,1H3,(H,38,42)(H,39,43). The number of hydrogen-bond acceptors (Lipinski definition) is 4. The van der Waals surface area contributed by atoms with Crippen LogP contribution in [0.4, 0.5) is 39.8 Å². The van der Waals surface area contributed by atoms with E-state index >= 15 is 0 Å². The van der Waals surface area contributed by atoms with Crippen molar-refractivity contribution < 1.29 is 32.6 Å². The van der Waals surface area contributed by atoms with Crippen LogP contribution in [0.2, 0.25) is 5.02 Å². The number of quaternary nitrogens is 1. The van der Waals surface area contributed by atoms with E-state index in [2.05, 4.69) is 17.6 Å². The van der Waals surface area contributed by atoms with Gasteiger partial charge >= 0.3 is 18.3 Å². The topological polar surface area (TPSA) is 99.9 Å². The molecule has 3 amide bonds. The Hall–Kier alpha value is -4.06. The molecule has 0 bridgehead atoms. The third-order valence-corrected chi connectivity index (χ3v) is 7.64. The Morgan fingerprint density at radius 1 is 0.867 bits per heavy atom. The molecule has 0 spiro atoms. The summed E-state index contributed by atoms with van der Waals surface area (Å²) in [5.74, 6) is 0. The highest BCUT2D eigenvalue weighted by atomic mass is 35.5. The molecular weight excluding hydrogens is 609 g/mol.